The van der Waals surface area contributed by atoms with Crippen molar-refractivity contribution in [2.75, 3.05) is 20.3 Å². The maximum Gasteiger partial charge on any atom is 0.307 e. The second-order valence-corrected chi connectivity index (χ2v) is 3.75. The highest BCUT2D eigenvalue weighted by Crippen LogP contribution is 2.18. The van der Waals surface area contributed by atoms with E-state index in [0.717, 1.165) is 12.1 Å². The van der Waals surface area contributed by atoms with E-state index < -0.39 is 0 Å². The number of pyridine rings is 1. The van der Waals surface area contributed by atoms with Crippen molar-refractivity contribution < 1.29 is 14.3 Å². The van der Waals surface area contributed by atoms with Crippen LogP contribution in [0, 0.1) is 0 Å². The summed E-state index contributed by atoms with van der Waals surface area (Å²) in [4.78, 5) is 15.7. The predicted octanol–water partition coefficient (Wildman–Crippen LogP) is 1.69. The first-order valence-electron chi connectivity index (χ1n) is 6.10. The normalized spacial score (nSPS) is 11.9. The fraction of sp³-hybridized carbons (Fsp3) is 0.538. The van der Waals surface area contributed by atoms with E-state index in [2.05, 4.69) is 10.3 Å². The molecule has 0 aromatic carbocycles. The van der Waals surface area contributed by atoms with Crippen LogP contribution in [0.5, 0.6) is 5.88 Å². The minimum atomic E-state index is -0.209. The van der Waals surface area contributed by atoms with E-state index in [1.165, 1.54) is 0 Å². The molecule has 1 atom stereocenters. The highest BCUT2D eigenvalue weighted by atomic mass is 16.5. The Morgan fingerprint density at radius 3 is 2.72 bits per heavy atom. The Kier molecular flexibility index (Phi) is 6.14. The summed E-state index contributed by atoms with van der Waals surface area (Å²) in [6.45, 7) is 4.97. The number of rotatable bonds is 7. The molecule has 1 aromatic rings. The quantitative estimate of drug-likeness (QED) is 0.748. The zero-order valence-corrected chi connectivity index (χ0v) is 11.1. The summed E-state index contributed by atoms with van der Waals surface area (Å²) in [6, 6.07) is 3.61. The first-order valence-corrected chi connectivity index (χ1v) is 6.10. The minimum absolute atomic E-state index is 0.0764. The van der Waals surface area contributed by atoms with Crippen molar-refractivity contribution in [3.05, 3.63) is 23.9 Å². The van der Waals surface area contributed by atoms with Crippen molar-refractivity contribution in [2.45, 2.75) is 26.3 Å². The maximum absolute atomic E-state index is 11.5. The zero-order valence-electron chi connectivity index (χ0n) is 11.1. The van der Waals surface area contributed by atoms with Crippen LogP contribution < -0.4 is 10.1 Å². The van der Waals surface area contributed by atoms with Gasteiger partial charge in [0.05, 0.1) is 20.1 Å². The van der Waals surface area contributed by atoms with Crippen LogP contribution in [0.1, 0.15) is 31.9 Å². The van der Waals surface area contributed by atoms with Crippen molar-refractivity contribution >= 4 is 5.97 Å². The highest BCUT2D eigenvalue weighted by molar-refractivity contribution is 5.70. The number of hydrogen-bond donors (Lipinski definition) is 1. The van der Waals surface area contributed by atoms with Crippen LogP contribution in [0.4, 0.5) is 0 Å². The number of nitrogens with one attached hydrogen (secondary N) is 1. The minimum Gasteiger partial charge on any atom is -0.481 e. The topological polar surface area (TPSA) is 60.5 Å². The number of hydrogen-bond acceptors (Lipinski definition) is 5. The van der Waals surface area contributed by atoms with Crippen LogP contribution in [0.3, 0.4) is 0 Å². The molecule has 0 aliphatic heterocycles. The first kappa shape index (κ1) is 14.4. The summed E-state index contributed by atoms with van der Waals surface area (Å²) in [7, 11) is 1.57. The molecule has 0 aliphatic rings. The molecule has 5 nitrogen and oxygen atoms in total. The SMILES string of the molecule is CCNC(CC(=O)OCC)c1ccc(OC)nc1. The summed E-state index contributed by atoms with van der Waals surface area (Å²) in [5.41, 5.74) is 0.950. The van der Waals surface area contributed by atoms with Crippen molar-refractivity contribution in [3.63, 3.8) is 0 Å². The predicted molar refractivity (Wildman–Crippen MR) is 68.5 cm³/mol. The van der Waals surface area contributed by atoms with Crippen molar-refractivity contribution in [2.24, 2.45) is 0 Å². The number of ether oxygens (including phenoxy) is 2. The third-order valence-electron chi connectivity index (χ3n) is 2.50. The van der Waals surface area contributed by atoms with Gasteiger partial charge in [-0.15, -0.1) is 0 Å². The average Bonchev–Trinajstić information content (AvgIpc) is 2.39. The van der Waals surface area contributed by atoms with Gasteiger partial charge >= 0.3 is 5.97 Å². The average molecular weight is 252 g/mol. The molecule has 0 bridgehead atoms. The van der Waals surface area contributed by atoms with Crippen molar-refractivity contribution in [1.29, 1.82) is 0 Å². The molecule has 5 heteroatoms. The lowest BCUT2D eigenvalue weighted by molar-refractivity contribution is -0.143. The van der Waals surface area contributed by atoms with E-state index >= 15 is 0 Å². The Bertz CT molecular complexity index is 365. The van der Waals surface area contributed by atoms with Gasteiger partial charge < -0.3 is 14.8 Å². The van der Waals surface area contributed by atoms with E-state index in [1.807, 2.05) is 13.0 Å². The molecule has 0 aliphatic carbocycles. The van der Waals surface area contributed by atoms with Crippen molar-refractivity contribution in [3.8, 4) is 5.88 Å². The second kappa shape index (κ2) is 7.66. The number of aromatic nitrogens is 1. The summed E-state index contributed by atoms with van der Waals surface area (Å²) >= 11 is 0. The molecule has 0 spiro atoms. The largest absolute Gasteiger partial charge is 0.481 e. The molecular weight excluding hydrogens is 232 g/mol. The molecule has 1 unspecified atom stereocenters. The number of carbonyl (C=O) groups is 1. The van der Waals surface area contributed by atoms with E-state index in [0.29, 0.717) is 18.9 Å². The number of carbonyl (C=O) groups excluding carboxylic acids is 1. The van der Waals surface area contributed by atoms with Crippen LogP contribution in [0.25, 0.3) is 0 Å². The van der Waals surface area contributed by atoms with Gasteiger partial charge in [0.15, 0.2) is 0 Å². The molecule has 1 N–H and O–H groups in total. The van der Waals surface area contributed by atoms with Gasteiger partial charge in [-0.3, -0.25) is 4.79 Å². The summed E-state index contributed by atoms with van der Waals surface area (Å²) < 4.78 is 9.97. The monoisotopic (exact) mass is 252 g/mol. The molecule has 0 amide bonds. The zero-order chi connectivity index (χ0) is 13.4. The Morgan fingerprint density at radius 1 is 1.44 bits per heavy atom. The fourth-order valence-electron chi connectivity index (χ4n) is 1.66. The third-order valence-corrected chi connectivity index (χ3v) is 2.50. The van der Waals surface area contributed by atoms with Gasteiger partial charge in [0.1, 0.15) is 0 Å². The Labute approximate surface area is 108 Å². The van der Waals surface area contributed by atoms with Gasteiger partial charge in [-0.1, -0.05) is 13.0 Å². The molecule has 0 saturated heterocycles. The summed E-state index contributed by atoms with van der Waals surface area (Å²) in [6.07, 6.45) is 2.01. The Balaban J connectivity index is 2.72. The van der Waals surface area contributed by atoms with Crippen molar-refractivity contribution in [1.82, 2.24) is 10.3 Å². The molecule has 1 rings (SSSR count). The number of esters is 1. The molecule has 18 heavy (non-hydrogen) atoms. The molecule has 1 heterocycles. The van der Waals surface area contributed by atoms with Gasteiger partial charge in [-0.05, 0) is 19.0 Å². The summed E-state index contributed by atoms with van der Waals surface area (Å²) in [5, 5.41) is 3.24. The van der Waals surface area contributed by atoms with Crippen LogP contribution in [0.2, 0.25) is 0 Å². The third kappa shape index (κ3) is 4.33. The summed E-state index contributed by atoms with van der Waals surface area (Å²) in [5.74, 6) is 0.351. The standard InChI is InChI=1S/C13H20N2O3/c1-4-14-11(8-13(16)18-5-2)10-6-7-12(17-3)15-9-10/h6-7,9,11,14H,4-5,8H2,1-3H3. The second-order valence-electron chi connectivity index (χ2n) is 3.75. The van der Waals surface area contributed by atoms with Gasteiger partial charge in [-0.25, -0.2) is 4.98 Å². The molecule has 1 aromatic heterocycles. The van der Waals surface area contributed by atoms with E-state index in [1.54, 1.807) is 26.3 Å². The van der Waals surface area contributed by atoms with Gasteiger partial charge in [0.25, 0.3) is 0 Å². The number of methoxy groups -OCH3 is 1. The lowest BCUT2D eigenvalue weighted by Crippen LogP contribution is -2.24. The van der Waals surface area contributed by atoms with Crippen LogP contribution in [-0.2, 0) is 9.53 Å². The highest BCUT2D eigenvalue weighted by Gasteiger charge is 2.16. The number of nitrogens with zero attached hydrogens (tertiary/aromatic N) is 1. The molecule has 0 fully saturated rings. The first-order chi connectivity index (χ1) is 8.71. The van der Waals surface area contributed by atoms with Crippen LogP contribution in [0.15, 0.2) is 18.3 Å². The smallest absolute Gasteiger partial charge is 0.307 e. The Morgan fingerprint density at radius 2 is 2.22 bits per heavy atom. The molecule has 0 saturated carbocycles. The van der Waals surface area contributed by atoms with Gasteiger partial charge in [0.2, 0.25) is 5.88 Å². The Hall–Kier alpha value is -1.62. The van der Waals surface area contributed by atoms with Crippen LogP contribution in [-0.4, -0.2) is 31.2 Å². The maximum atomic E-state index is 11.5. The van der Waals surface area contributed by atoms with E-state index in [9.17, 15) is 4.79 Å². The lowest BCUT2D eigenvalue weighted by atomic mass is 10.1. The molecule has 0 radical (unpaired) electrons. The van der Waals surface area contributed by atoms with Crippen LogP contribution >= 0.6 is 0 Å². The van der Waals surface area contributed by atoms with Gasteiger partial charge in [0, 0.05) is 18.3 Å². The van der Waals surface area contributed by atoms with E-state index in [4.69, 9.17) is 9.47 Å². The van der Waals surface area contributed by atoms with E-state index in [-0.39, 0.29) is 12.0 Å². The molecular formula is C13H20N2O3. The van der Waals surface area contributed by atoms with Gasteiger partial charge in [-0.2, -0.15) is 0 Å². The molecule has 100 valence electrons. The fourth-order valence-corrected chi connectivity index (χ4v) is 1.66. The lowest BCUT2D eigenvalue weighted by Gasteiger charge is -2.17.